The number of carbonyl (C=O) groups excluding carboxylic acids is 1. The van der Waals surface area contributed by atoms with E-state index in [9.17, 15) is 25.0 Å². The number of esters is 1. The van der Waals surface area contributed by atoms with Crippen molar-refractivity contribution in [3.8, 4) is 0 Å². The number of fused-ring (bicyclic) bond motifs is 2. The summed E-state index contributed by atoms with van der Waals surface area (Å²) in [6.07, 6.45) is 4.92. The smallest absolute Gasteiger partial charge is 0.345 e. The van der Waals surface area contributed by atoms with Crippen LogP contribution in [0.4, 0.5) is 11.4 Å². The van der Waals surface area contributed by atoms with E-state index in [1.165, 1.54) is 0 Å². The molecule has 1 aromatic carbocycles. The minimum atomic E-state index is -0.795. The van der Waals surface area contributed by atoms with Crippen LogP contribution >= 0.6 is 0 Å². The van der Waals surface area contributed by atoms with Crippen LogP contribution < -0.4 is 0 Å². The van der Waals surface area contributed by atoms with Crippen molar-refractivity contribution in [2.75, 3.05) is 0 Å². The third-order valence-corrected chi connectivity index (χ3v) is 4.78. The summed E-state index contributed by atoms with van der Waals surface area (Å²) in [6.45, 7) is 0. The van der Waals surface area contributed by atoms with Gasteiger partial charge in [-0.2, -0.15) is 0 Å². The fourth-order valence-corrected chi connectivity index (χ4v) is 3.71. The molecule has 0 unspecified atom stereocenters. The molecule has 2 saturated carbocycles. The Labute approximate surface area is 131 Å². The average molecular weight is 320 g/mol. The molecular weight excluding hydrogens is 304 g/mol. The molecule has 2 aliphatic carbocycles. The molecule has 0 radical (unpaired) electrons. The fraction of sp³-hybridized carbons (Fsp3) is 0.533. The molecular formula is C15H16N2O6. The summed E-state index contributed by atoms with van der Waals surface area (Å²) in [5.41, 5.74) is -1.25. The molecule has 0 N–H and O–H groups in total. The van der Waals surface area contributed by atoms with Crippen molar-refractivity contribution in [1.82, 2.24) is 0 Å². The molecule has 0 amide bonds. The van der Waals surface area contributed by atoms with Crippen molar-refractivity contribution in [2.45, 2.75) is 38.2 Å². The van der Waals surface area contributed by atoms with Crippen LogP contribution in [0.15, 0.2) is 18.2 Å². The van der Waals surface area contributed by atoms with Crippen LogP contribution in [0.2, 0.25) is 0 Å². The van der Waals surface area contributed by atoms with Gasteiger partial charge in [0.25, 0.3) is 11.4 Å². The van der Waals surface area contributed by atoms with Gasteiger partial charge in [-0.1, -0.05) is 12.8 Å². The zero-order valence-corrected chi connectivity index (χ0v) is 12.3. The molecule has 2 fully saturated rings. The van der Waals surface area contributed by atoms with E-state index in [1.807, 2.05) is 0 Å². The number of rotatable bonds is 4. The molecule has 8 heteroatoms. The molecule has 0 spiro atoms. The first-order chi connectivity index (χ1) is 11.0. The van der Waals surface area contributed by atoms with Crippen molar-refractivity contribution in [3.05, 3.63) is 44.0 Å². The van der Waals surface area contributed by atoms with Gasteiger partial charge >= 0.3 is 5.97 Å². The maximum atomic E-state index is 12.3. The van der Waals surface area contributed by atoms with Crippen molar-refractivity contribution in [2.24, 2.45) is 11.8 Å². The Bertz CT molecular complexity index is 674. The van der Waals surface area contributed by atoms with E-state index >= 15 is 0 Å². The number of hydrogen-bond acceptors (Lipinski definition) is 6. The molecule has 3 atom stereocenters. The summed E-state index contributed by atoms with van der Waals surface area (Å²) in [4.78, 5) is 32.6. The lowest BCUT2D eigenvalue weighted by atomic mass is 9.89. The van der Waals surface area contributed by atoms with Crippen molar-refractivity contribution in [1.29, 1.82) is 0 Å². The van der Waals surface area contributed by atoms with Gasteiger partial charge in [-0.3, -0.25) is 20.2 Å². The summed E-state index contributed by atoms with van der Waals surface area (Å²) < 4.78 is 5.49. The van der Waals surface area contributed by atoms with E-state index in [4.69, 9.17) is 4.74 Å². The Hall–Kier alpha value is -2.51. The molecule has 0 saturated heterocycles. The zero-order valence-electron chi connectivity index (χ0n) is 12.3. The van der Waals surface area contributed by atoms with Crippen LogP contribution in [0.25, 0.3) is 0 Å². The van der Waals surface area contributed by atoms with E-state index < -0.39 is 27.2 Å². The second kappa shape index (κ2) is 5.94. The predicted molar refractivity (Wildman–Crippen MR) is 79.0 cm³/mol. The van der Waals surface area contributed by atoms with Gasteiger partial charge in [0.2, 0.25) is 0 Å². The highest BCUT2D eigenvalue weighted by Gasteiger charge is 2.40. The van der Waals surface area contributed by atoms with Gasteiger partial charge in [0.1, 0.15) is 11.7 Å². The van der Waals surface area contributed by atoms with E-state index in [1.54, 1.807) is 0 Å². The Balaban J connectivity index is 1.81. The van der Waals surface area contributed by atoms with Gasteiger partial charge in [0.05, 0.1) is 15.9 Å². The molecule has 0 aliphatic heterocycles. The number of nitro groups is 2. The Kier molecular flexibility index (Phi) is 3.97. The number of benzene rings is 1. The first kappa shape index (κ1) is 15.4. The molecule has 23 heavy (non-hydrogen) atoms. The minimum Gasteiger partial charge on any atom is -0.458 e. The highest BCUT2D eigenvalue weighted by Crippen LogP contribution is 2.44. The van der Waals surface area contributed by atoms with Crippen LogP contribution in [0.5, 0.6) is 0 Å². The van der Waals surface area contributed by atoms with Gasteiger partial charge in [-0.15, -0.1) is 0 Å². The van der Waals surface area contributed by atoms with E-state index in [-0.39, 0.29) is 11.7 Å². The van der Waals surface area contributed by atoms with Gasteiger partial charge < -0.3 is 4.74 Å². The Morgan fingerprint density at radius 2 is 1.91 bits per heavy atom. The van der Waals surface area contributed by atoms with Gasteiger partial charge in [0.15, 0.2) is 0 Å². The highest BCUT2D eigenvalue weighted by atomic mass is 16.6. The first-order valence-corrected chi connectivity index (χ1v) is 7.59. The maximum Gasteiger partial charge on any atom is 0.345 e. The Morgan fingerprint density at radius 1 is 1.13 bits per heavy atom. The molecule has 0 heterocycles. The molecule has 2 bridgehead atoms. The number of ether oxygens (including phenoxy) is 1. The minimum absolute atomic E-state index is 0.204. The fourth-order valence-electron chi connectivity index (χ4n) is 3.71. The molecule has 1 aromatic rings. The lowest BCUT2D eigenvalue weighted by Crippen LogP contribution is -2.22. The number of non-ortho nitro benzene ring substituents is 1. The quantitative estimate of drug-likeness (QED) is 0.478. The lowest BCUT2D eigenvalue weighted by molar-refractivity contribution is -0.394. The second-order valence-electron chi connectivity index (χ2n) is 6.19. The van der Waals surface area contributed by atoms with Crippen molar-refractivity contribution < 1.29 is 19.4 Å². The van der Waals surface area contributed by atoms with Gasteiger partial charge in [-0.25, -0.2) is 4.79 Å². The van der Waals surface area contributed by atoms with E-state index in [0.717, 1.165) is 50.3 Å². The zero-order chi connectivity index (χ0) is 16.6. The number of nitro benzene ring substituents is 2. The van der Waals surface area contributed by atoms with Crippen LogP contribution in [0.1, 0.15) is 42.5 Å². The summed E-state index contributed by atoms with van der Waals surface area (Å²) >= 11 is 0. The van der Waals surface area contributed by atoms with Crippen LogP contribution in [0.3, 0.4) is 0 Å². The van der Waals surface area contributed by atoms with Crippen LogP contribution in [-0.2, 0) is 4.74 Å². The molecule has 8 nitrogen and oxygen atoms in total. The number of nitrogens with zero attached hydrogens (tertiary/aromatic N) is 2. The van der Waals surface area contributed by atoms with Crippen molar-refractivity contribution >= 4 is 17.3 Å². The predicted octanol–water partition coefficient (Wildman–Crippen LogP) is 3.24. The summed E-state index contributed by atoms with van der Waals surface area (Å²) in [5, 5.41) is 21.8. The summed E-state index contributed by atoms with van der Waals surface area (Å²) in [5.74, 6) is 0.123. The molecule has 2 aliphatic rings. The summed E-state index contributed by atoms with van der Waals surface area (Å²) in [7, 11) is 0. The monoisotopic (exact) mass is 320 g/mol. The number of carbonyl (C=O) groups is 1. The average Bonchev–Trinajstić information content (AvgIpc) is 2.79. The number of hydrogen-bond donors (Lipinski definition) is 0. The van der Waals surface area contributed by atoms with E-state index in [0.29, 0.717) is 11.8 Å². The topological polar surface area (TPSA) is 113 Å². The van der Waals surface area contributed by atoms with Crippen molar-refractivity contribution in [3.63, 3.8) is 0 Å². The first-order valence-electron chi connectivity index (χ1n) is 7.59. The van der Waals surface area contributed by atoms with Gasteiger partial charge in [-0.05, 0) is 37.2 Å². The normalized spacial score (nSPS) is 25.8. The highest BCUT2D eigenvalue weighted by molar-refractivity contribution is 5.94. The van der Waals surface area contributed by atoms with Crippen LogP contribution in [-0.4, -0.2) is 21.9 Å². The molecule has 3 rings (SSSR count). The largest absolute Gasteiger partial charge is 0.458 e. The lowest BCUT2D eigenvalue weighted by Gasteiger charge is -2.20. The second-order valence-corrected chi connectivity index (χ2v) is 6.19. The van der Waals surface area contributed by atoms with E-state index in [2.05, 4.69) is 0 Å². The van der Waals surface area contributed by atoms with Gasteiger partial charge in [0, 0.05) is 6.07 Å². The summed E-state index contributed by atoms with van der Waals surface area (Å²) in [6, 6.07) is 2.97. The maximum absolute atomic E-state index is 12.3. The molecule has 0 aromatic heterocycles. The Morgan fingerprint density at radius 3 is 2.57 bits per heavy atom. The molecule has 122 valence electrons. The standard InChI is InChI=1S/C15H16N2O6/c18-15(23-14-7-9-2-1-3-10(14)6-9)12-5-4-11(16(19)20)8-13(12)17(21)22/h4-5,8-10,14H,1-3,6-7H2/t9-,10+,14-/m0/s1. The SMILES string of the molecule is O=C(O[C@H]1C[C@H]2CCC[C@@H]1C2)c1ccc([N+](=O)[O-])cc1[N+](=O)[O-]. The van der Waals surface area contributed by atoms with Crippen LogP contribution in [0, 0.1) is 32.1 Å². The third kappa shape index (κ3) is 3.01. The third-order valence-electron chi connectivity index (χ3n) is 4.78.